The lowest BCUT2D eigenvalue weighted by atomic mass is 9.96. The Morgan fingerprint density at radius 3 is 1.69 bits per heavy atom. The standard InChI is InChI=1S/C68H44N2O/c1-2-16-48(17-3-1)58-41-42-64(67-60-25-9-11-30-65(60)71-68(58)67)69(54-37-33-46(34-38-54)51-21-12-22-52(43-51)53-32-31-45-15-4-5-19-50(45)44-53)55-39-35-49(36-40-55)57-26-14-29-63-66(57)59-24-8-10-27-62(59)70(63)61-28-13-20-47-18-6-7-23-56(47)61/h1-44H. The molecule has 2 aromatic heterocycles. The average Bonchev–Trinajstić information content (AvgIpc) is 4.00. The second kappa shape index (κ2) is 16.7. The molecule has 0 saturated carbocycles. The van der Waals surface area contributed by atoms with Crippen molar-refractivity contribution in [2.45, 2.75) is 0 Å². The number of rotatable bonds is 8. The number of nitrogens with zero attached hydrogens (tertiary/aromatic N) is 2. The molecule has 3 heteroatoms. The Morgan fingerprint density at radius 1 is 0.310 bits per heavy atom. The van der Waals surface area contributed by atoms with Gasteiger partial charge in [0.1, 0.15) is 11.2 Å². The zero-order valence-corrected chi connectivity index (χ0v) is 38.7. The summed E-state index contributed by atoms with van der Waals surface area (Å²) >= 11 is 0. The van der Waals surface area contributed by atoms with Gasteiger partial charge in [0, 0.05) is 38.5 Å². The molecule has 71 heavy (non-hydrogen) atoms. The van der Waals surface area contributed by atoms with E-state index in [2.05, 4.69) is 276 Å². The number of hydrogen-bond acceptors (Lipinski definition) is 2. The molecule has 0 amide bonds. The molecule has 3 nitrogen and oxygen atoms in total. The lowest BCUT2D eigenvalue weighted by Gasteiger charge is -2.27. The molecular weight excluding hydrogens is 861 g/mol. The third-order valence-corrected chi connectivity index (χ3v) is 14.4. The van der Waals surface area contributed by atoms with Crippen molar-refractivity contribution in [3.63, 3.8) is 0 Å². The third kappa shape index (κ3) is 6.82. The van der Waals surface area contributed by atoms with E-state index in [1.54, 1.807) is 0 Å². The Balaban J connectivity index is 0.918. The van der Waals surface area contributed by atoms with E-state index in [1.807, 2.05) is 0 Å². The van der Waals surface area contributed by atoms with Gasteiger partial charge in [-0.15, -0.1) is 0 Å². The van der Waals surface area contributed by atoms with Gasteiger partial charge >= 0.3 is 0 Å². The molecule has 0 fully saturated rings. The summed E-state index contributed by atoms with van der Waals surface area (Å²) in [4.78, 5) is 2.39. The highest BCUT2D eigenvalue weighted by molar-refractivity contribution is 6.18. The third-order valence-electron chi connectivity index (χ3n) is 14.4. The van der Waals surface area contributed by atoms with Crippen LogP contribution in [0.15, 0.2) is 271 Å². The molecule has 0 aliphatic heterocycles. The second-order valence-corrected chi connectivity index (χ2v) is 18.4. The highest BCUT2D eigenvalue weighted by Crippen LogP contribution is 2.47. The van der Waals surface area contributed by atoms with Crippen LogP contribution in [0.4, 0.5) is 17.1 Å². The summed E-state index contributed by atoms with van der Waals surface area (Å²) in [7, 11) is 0. The molecule has 0 saturated heterocycles. The van der Waals surface area contributed by atoms with Crippen LogP contribution in [0.3, 0.4) is 0 Å². The first-order valence-corrected chi connectivity index (χ1v) is 24.3. The van der Waals surface area contributed by atoms with Crippen molar-refractivity contribution in [1.29, 1.82) is 0 Å². The van der Waals surface area contributed by atoms with Gasteiger partial charge in [0.2, 0.25) is 0 Å². The fourth-order valence-corrected chi connectivity index (χ4v) is 11.0. The molecule has 332 valence electrons. The van der Waals surface area contributed by atoms with Crippen LogP contribution in [0.2, 0.25) is 0 Å². The molecule has 12 aromatic carbocycles. The summed E-state index contributed by atoms with van der Waals surface area (Å²) in [5.74, 6) is 0. The smallest absolute Gasteiger partial charge is 0.145 e. The summed E-state index contributed by atoms with van der Waals surface area (Å²) in [5.41, 5.74) is 17.7. The van der Waals surface area contributed by atoms with E-state index in [9.17, 15) is 0 Å². The van der Waals surface area contributed by atoms with Gasteiger partial charge in [-0.1, -0.05) is 194 Å². The minimum Gasteiger partial charge on any atom is -0.455 e. The predicted octanol–water partition coefficient (Wildman–Crippen LogP) is 19.1. The van der Waals surface area contributed by atoms with Crippen LogP contribution in [0.5, 0.6) is 0 Å². The number of fused-ring (bicyclic) bond motifs is 8. The number of anilines is 3. The van der Waals surface area contributed by atoms with Crippen molar-refractivity contribution in [2.75, 3.05) is 4.90 Å². The lowest BCUT2D eigenvalue weighted by Crippen LogP contribution is -2.10. The molecule has 0 aliphatic carbocycles. The molecule has 0 N–H and O–H groups in total. The Kier molecular flexibility index (Phi) is 9.53. The second-order valence-electron chi connectivity index (χ2n) is 18.4. The lowest BCUT2D eigenvalue weighted by molar-refractivity contribution is 0.670. The van der Waals surface area contributed by atoms with Crippen molar-refractivity contribution >= 4 is 82.4 Å². The Morgan fingerprint density at radius 2 is 0.873 bits per heavy atom. The summed E-state index contributed by atoms with van der Waals surface area (Å²) in [6, 6.07) is 96.6. The molecule has 0 atom stereocenters. The van der Waals surface area contributed by atoms with E-state index < -0.39 is 0 Å². The van der Waals surface area contributed by atoms with Crippen molar-refractivity contribution in [3.8, 4) is 50.2 Å². The SMILES string of the molecule is c1ccc(-c2ccc(N(c3ccc(-c4cccc(-c5ccc6ccccc6c5)c4)cc3)c3ccc(-c4cccc5c4c4ccccc4n5-c4cccc5ccccc45)cc3)c3c2oc2ccccc23)cc1. The Hall–Kier alpha value is -9.44. The van der Waals surface area contributed by atoms with E-state index in [4.69, 9.17) is 4.42 Å². The fraction of sp³-hybridized carbons (Fsp3) is 0. The van der Waals surface area contributed by atoms with Crippen molar-refractivity contribution in [1.82, 2.24) is 4.57 Å². The van der Waals surface area contributed by atoms with Crippen LogP contribution >= 0.6 is 0 Å². The van der Waals surface area contributed by atoms with Crippen LogP contribution in [0, 0.1) is 0 Å². The van der Waals surface area contributed by atoms with Gasteiger partial charge < -0.3 is 13.9 Å². The van der Waals surface area contributed by atoms with E-state index in [1.165, 1.54) is 71.3 Å². The normalized spacial score (nSPS) is 11.7. The topological polar surface area (TPSA) is 21.3 Å². The van der Waals surface area contributed by atoms with Gasteiger partial charge in [-0.3, -0.25) is 0 Å². The molecule has 14 rings (SSSR count). The first-order valence-electron chi connectivity index (χ1n) is 24.3. The monoisotopic (exact) mass is 904 g/mol. The molecule has 0 bridgehead atoms. The Bertz CT molecular complexity index is 4330. The quantitative estimate of drug-likeness (QED) is 0.151. The molecular formula is C68H44N2O. The van der Waals surface area contributed by atoms with E-state index in [0.29, 0.717) is 0 Å². The van der Waals surface area contributed by atoms with Crippen LogP contribution in [-0.2, 0) is 0 Å². The van der Waals surface area contributed by atoms with Crippen LogP contribution in [0.1, 0.15) is 0 Å². The maximum Gasteiger partial charge on any atom is 0.145 e. The zero-order chi connectivity index (χ0) is 46.8. The average molecular weight is 905 g/mol. The van der Waals surface area contributed by atoms with Crippen LogP contribution in [0.25, 0.3) is 115 Å². The maximum atomic E-state index is 6.83. The number of para-hydroxylation sites is 2. The number of benzene rings is 12. The van der Waals surface area contributed by atoms with E-state index in [0.717, 1.165) is 61.3 Å². The van der Waals surface area contributed by atoms with Crippen molar-refractivity contribution in [3.05, 3.63) is 267 Å². The number of hydrogen-bond donors (Lipinski definition) is 0. The number of furan rings is 1. The fourth-order valence-electron chi connectivity index (χ4n) is 11.0. The molecule has 2 heterocycles. The predicted molar refractivity (Wildman–Crippen MR) is 299 cm³/mol. The highest BCUT2D eigenvalue weighted by atomic mass is 16.3. The summed E-state index contributed by atoms with van der Waals surface area (Å²) in [6.45, 7) is 0. The van der Waals surface area contributed by atoms with E-state index in [-0.39, 0.29) is 0 Å². The van der Waals surface area contributed by atoms with E-state index >= 15 is 0 Å². The highest BCUT2D eigenvalue weighted by Gasteiger charge is 2.23. The molecule has 14 aromatic rings. The zero-order valence-electron chi connectivity index (χ0n) is 38.7. The summed E-state index contributed by atoms with van der Waals surface area (Å²) in [5, 5.41) is 9.56. The Labute approximate surface area is 411 Å². The van der Waals surface area contributed by atoms with Crippen LogP contribution < -0.4 is 4.90 Å². The first-order chi connectivity index (χ1) is 35.2. The molecule has 0 aliphatic rings. The van der Waals surface area contributed by atoms with Gasteiger partial charge in [-0.25, -0.2) is 0 Å². The minimum atomic E-state index is 0.861. The largest absolute Gasteiger partial charge is 0.455 e. The number of aromatic nitrogens is 1. The van der Waals surface area contributed by atoms with Gasteiger partial charge in [-0.05, 0) is 128 Å². The molecule has 0 spiro atoms. The van der Waals surface area contributed by atoms with Gasteiger partial charge in [-0.2, -0.15) is 0 Å². The maximum absolute atomic E-state index is 6.83. The first kappa shape index (κ1) is 40.6. The van der Waals surface area contributed by atoms with Gasteiger partial charge in [0.05, 0.1) is 27.8 Å². The minimum absolute atomic E-state index is 0.861. The van der Waals surface area contributed by atoms with Crippen molar-refractivity contribution < 1.29 is 4.42 Å². The van der Waals surface area contributed by atoms with Crippen molar-refractivity contribution in [2.24, 2.45) is 0 Å². The van der Waals surface area contributed by atoms with Gasteiger partial charge in [0.25, 0.3) is 0 Å². The molecule has 0 unspecified atom stereocenters. The molecule has 0 radical (unpaired) electrons. The summed E-state index contributed by atoms with van der Waals surface area (Å²) < 4.78 is 9.27. The van der Waals surface area contributed by atoms with Crippen LogP contribution in [-0.4, -0.2) is 4.57 Å². The summed E-state index contributed by atoms with van der Waals surface area (Å²) in [6.07, 6.45) is 0. The van der Waals surface area contributed by atoms with Gasteiger partial charge in [0.15, 0.2) is 0 Å².